The Morgan fingerprint density at radius 1 is 1.15 bits per heavy atom. The van der Waals surface area contributed by atoms with Gasteiger partial charge in [-0.1, -0.05) is 35.0 Å². The number of fused-ring (bicyclic) bond motifs is 1. The number of aromatic nitrogens is 3. The van der Waals surface area contributed by atoms with Gasteiger partial charge in [0.2, 0.25) is 5.91 Å². The molecule has 2 aromatic carbocycles. The largest absolute Gasteiger partial charge is 0.365 e. The average Bonchev–Trinajstić information content (AvgIpc) is 3.02. The molecule has 0 unspecified atom stereocenters. The molecule has 0 radical (unpaired) electrons. The summed E-state index contributed by atoms with van der Waals surface area (Å²) in [5, 5.41) is 12.0. The molecule has 0 bridgehead atoms. The summed E-state index contributed by atoms with van der Waals surface area (Å²) in [4.78, 5) is 11.6. The summed E-state index contributed by atoms with van der Waals surface area (Å²) < 4.78 is 8.16. The van der Waals surface area contributed by atoms with Crippen molar-refractivity contribution in [1.29, 1.82) is 0 Å². The molecular weight excluding hydrogens is 364 g/mol. The summed E-state index contributed by atoms with van der Waals surface area (Å²) in [5.74, 6) is -0.0279. The van der Waals surface area contributed by atoms with Crippen molar-refractivity contribution >= 4 is 28.5 Å². The first-order valence-corrected chi connectivity index (χ1v) is 9.35. The number of ether oxygens (including phenoxy) is 1. The van der Waals surface area contributed by atoms with Crippen molar-refractivity contribution in [2.45, 2.75) is 38.0 Å². The summed E-state index contributed by atoms with van der Waals surface area (Å²) >= 11 is 6.02. The minimum absolute atomic E-state index is 0.0279. The van der Waals surface area contributed by atoms with E-state index in [9.17, 15) is 4.79 Å². The van der Waals surface area contributed by atoms with E-state index in [1.54, 1.807) is 11.6 Å². The Labute approximate surface area is 162 Å². The molecule has 27 heavy (non-hydrogen) atoms. The van der Waals surface area contributed by atoms with Gasteiger partial charge in [-0.25, -0.2) is 4.68 Å². The van der Waals surface area contributed by atoms with Crippen LogP contribution in [0.5, 0.6) is 0 Å². The molecule has 0 aliphatic carbocycles. The number of carbonyl (C=O) groups excluding carboxylic acids is 1. The summed E-state index contributed by atoms with van der Waals surface area (Å²) in [6.07, 6.45) is 1.19. The van der Waals surface area contributed by atoms with Crippen LogP contribution in [0.4, 0.5) is 0 Å². The summed E-state index contributed by atoms with van der Waals surface area (Å²) in [6.45, 7) is 1.55. The zero-order valence-electron chi connectivity index (χ0n) is 15.2. The predicted octanol–water partition coefficient (Wildman–Crippen LogP) is 3.72. The Balaban J connectivity index is 1.64. The number of hydrogen-bond donors (Lipinski definition) is 1. The van der Waals surface area contributed by atoms with E-state index >= 15 is 0 Å². The van der Waals surface area contributed by atoms with Gasteiger partial charge in [-0.05, 0) is 48.2 Å². The second kappa shape index (κ2) is 7.29. The van der Waals surface area contributed by atoms with Crippen molar-refractivity contribution in [2.24, 2.45) is 7.05 Å². The van der Waals surface area contributed by atoms with Crippen LogP contribution in [-0.4, -0.2) is 26.9 Å². The maximum atomic E-state index is 11.6. The van der Waals surface area contributed by atoms with E-state index < -0.39 is 0 Å². The highest BCUT2D eigenvalue weighted by molar-refractivity contribution is 6.30. The first-order valence-electron chi connectivity index (χ1n) is 8.97. The van der Waals surface area contributed by atoms with Crippen molar-refractivity contribution in [1.82, 2.24) is 20.3 Å². The maximum absolute atomic E-state index is 11.6. The van der Waals surface area contributed by atoms with Crippen LogP contribution in [0.3, 0.4) is 0 Å². The van der Waals surface area contributed by atoms with Gasteiger partial charge >= 0.3 is 0 Å². The maximum Gasteiger partial charge on any atom is 0.217 e. The fourth-order valence-corrected chi connectivity index (χ4v) is 3.82. The molecule has 140 valence electrons. The monoisotopic (exact) mass is 384 g/mol. The molecule has 1 fully saturated rings. The molecule has 1 aliphatic rings. The quantitative estimate of drug-likeness (QED) is 0.747. The van der Waals surface area contributed by atoms with Crippen molar-refractivity contribution in [3.05, 3.63) is 58.6 Å². The van der Waals surface area contributed by atoms with Gasteiger partial charge in [0.1, 0.15) is 5.52 Å². The van der Waals surface area contributed by atoms with Gasteiger partial charge in [0.05, 0.1) is 17.7 Å². The van der Waals surface area contributed by atoms with E-state index in [2.05, 4.69) is 15.6 Å². The second-order valence-corrected chi connectivity index (χ2v) is 7.43. The van der Waals surface area contributed by atoms with E-state index in [0.29, 0.717) is 5.02 Å². The Morgan fingerprint density at radius 2 is 1.81 bits per heavy atom. The molecule has 2 heterocycles. The third kappa shape index (κ3) is 3.82. The normalized spacial score (nSPS) is 22.7. The van der Waals surface area contributed by atoms with Crippen LogP contribution < -0.4 is 5.32 Å². The summed E-state index contributed by atoms with van der Waals surface area (Å²) in [6, 6.07) is 13.8. The van der Waals surface area contributed by atoms with Gasteiger partial charge in [-0.15, -0.1) is 5.10 Å². The topological polar surface area (TPSA) is 69.0 Å². The molecule has 3 atom stereocenters. The zero-order chi connectivity index (χ0) is 19.0. The fourth-order valence-electron chi connectivity index (χ4n) is 3.69. The molecule has 1 saturated heterocycles. The van der Waals surface area contributed by atoms with E-state index in [0.717, 1.165) is 35.0 Å². The highest BCUT2D eigenvalue weighted by atomic mass is 35.5. The van der Waals surface area contributed by atoms with Crippen LogP contribution in [-0.2, 0) is 16.6 Å². The SMILES string of the molecule is CC(=O)N[C@H]1C[C@@H](c2ccc3c(c2)nnn3C)O[C@@H](c2ccc(Cl)cc2)C1. The number of nitrogens with one attached hydrogen (secondary N) is 1. The number of benzene rings is 2. The van der Waals surface area contributed by atoms with Gasteiger partial charge in [0.15, 0.2) is 0 Å². The zero-order valence-corrected chi connectivity index (χ0v) is 16.0. The molecule has 0 saturated carbocycles. The van der Waals surface area contributed by atoms with Crippen LogP contribution >= 0.6 is 11.6 Å². The standard InChI is InChI=1S/C20H21ClN4O2/c1-12(26)22-16-10-19(13-3-6-15(21)7-4-13)27-20(11-16)14-5-8-18-17(9-14)23-24-25(18)2/h3-9,16,19-20H,10-11H2,1-2H3,(H,22,26)/t16-,19-,20+/m1/s1. The van der Waals surface area contributed by atoms with Crippen molar-refractivity contribution in [3.8, 4) is 0 Å². The van der Waals surface area contributed by atoms with Crippen molar-refractivity contribution in [2.75, 3.05) is 0 Å². The lowest BCUT2D eigenvalue weighted by atomic mass is 9.91. The molecule has 1 amide bonds. The van der Waals surface area contributed by atoms with Gasteiger partial charge in [0, 0.05) is 25.0 Å². The molecule has 0 spiro atoms. The smallest absolute Gasteiger partial charge is 0.217 e. The average molecular weight is 385 g/mol. The van der Waals surface area contributed by atoms with E-state index in [1.165, 1.54) is 0 Å². The molecule has 4 rings (SSSR count). The Hall–Kier alpha value is -2.44. The Kier molecular flexibility index (Phi) is 4.85. The molecule has 3 aromatic rings. The number of rotatable bonds is 3. The first-order chi connectivity index (χ1) is 13.0. The number of hydrogen-bond acceptors (Lipinski definition) is 4. The predicted molar refractivity (Wildman–Crippen MR) is 103 cm³/mol. The van der Waals surface area contributed by atoms with Crippen LogP contribution in [0.15, 0.2) is 42.5 Å². The van der Waals surface area contributed by atoms with Crippen LogP contribution in [0, 0.1) is 0 Å². The molecule has 1 N–H and O–H groups in total. The Bertz CT molecular complexity index is 970. The van der Waals surface area contributed by atoms with Crippen molar-refractivity contribution in [3.63, 3.8) is 0 Å². The van der Waals surface area contributed by atoms with Gasteiger partial charge in [-0.3, -0.25) is 4.79 Å². The summed E-state index contributed by atoms with van der Waals surface area (Å²) in [5.41, 5.74) is 3.91. The third-order valence-corrected chi connectivity index (χ3v) is 5.23. The highest BCUT2D eigenvalue weighted by Crippen LogP contribution is 2.39. The summed E-state index contributed by atoms with van der Waals surface area (Å²) in [7, 11) is 1.87. The van der Waals surface area contributed by atoms with Crippen molar-refractivity contribution < 1.29 is 9.53 Å². The molecule has 7 heteroatoms. The molecular formula is C20H21ClN4O2. The number of nitrogens with zero attached hydrogens (tertiary/aromatic N) is 3. The lowest BCUT2D eigenvalue weighted by molar-refractivity contribution is -0.122. The molecule has 1 aromatic heterocycles. The number of halogens is 1. The number of carbonyl (C=O) groups is 1. The van der Waals surface area contributed by atoms with E-state index in [4.69, 9.17) is 16.3 Å². The minimum Gasteiger partial charge on any atom is -0.365 e. The van der Waals surface area contributed by atoms with Crippen LogP contribution in [0.25, 0.3) is 11.0 Å². The second-order valence-electron chi connectivity index (χ2n) is 6.99. The highest BCUT2D eigenvalue weighted by Gasteiger charge is 2.32. The number of amides is 1. The third-order valence-electron chi connectivity index (χ3n) is 4.98. The van der Waals surface area contributed by atoms with E-state index in [-0.39, 0.29) is 24.2 Å². The van der Waals surface area contributed by atoms with Gasteiger partial charge < -0.3 is 10.1 Å². The molecule has 1 aliphatic heterocycles. The van der Waals surface area contributed by atoms with Crippen LogP contribution in [0.1, 0.15) is 43.1 Å². The fraction of sp³-hybridized carbons (Fsp3) is 0.350. The first kappa shape index (κ1) is 17.9. The van der Waals surface area contributed by atoms with Crippen LogP contribution in [0.2, 0.25) is 5.02 Å². The Morgan fingerprint density at radius 3 is 2.52 bits per heavy atom. The van der Waals surface area contributed by atoms with E-state index in [1.807, 2.05) is 49.5 Å². The lowest BCUT2D eigenvalue weighted by Crippen LogP contribution is -2.39. The number of aryl methyl sites for hydroxylation is 1. The molecule has 6 nitrogen and oxygen atoms in total. The minimum atomic E-state index is -0.136. The van der Waals surface area contributed by atoms with Gasteiger partial charge in [0.25, 0.3) is 0 Å². The lowest BCUT2D eigenvalue weighted by Gasteiger charge is -2.36. The van der Waals surface area contributed by atoms with Gasteiger partial charge in [-0.2, -0.15) is 0 Å².